The maximum absolute atomic E-state index is 11.9. The average molecular weight is 318 g/mol. The predicted octanol–water partition coefficient (Wildman–Crippen LogP) is 3.72. The number of hydrogen-bond acceptors (Lipinski definition) is 5. The van der Waals surface area contributed by atoms with Crippen molar-refractivity contribution in [3.05, 3.63) is 29.8 Å². The molecule has 0 aliphatic rings. The molecule has 0 saturated heterocycles. The van der Waals surface area contributed by atoms with Crippen molar-refractivity contribution in [1.29, 1.82) is 0 Å². The lowest BCUT2D eigenvalue weighted by atomic mass is 10.1. The van der Waals surface area contributed by atoms with E-state index in [-0.39, 0.29) is 6.61 Å². The molecule has 4 nitrogen and oxygen atoms in total. The Labute approximate surface area is 123 Å². The fourth-order valence-corrected chi connectivity index (χ4v) is 2.18. The fraction of sp³-hybridized carbons (Fsp3) is 0.385. The third-order valence-electron chi connectivity index (χ3n) is 2.50. The average Bonchev–Trinajstić information content (AvgIpc) is 2.86. The maximum atomic E-state index is 11.9. The van der Waals surface area contributed by atoms with Crippen LogP contribution in [0, 0.1) is 6.92 Å². The van der Waals surface area contributed by atoms with Crippen molar-refractivity contribution in [2.75, 3.05) is 19.0 Å². The number of rotatable bonds is 6. The van der Waals surface area contributed by atoms with Gasteiger partial charge >= 0.3 is 6.18 Å². The van der Waals surface area contributed by atoms with Crippen LogP contribution in [0.2, 0.25) is 0 Å². The van der Waals surface area contributed by atoms with Gasteiger partial charge in [-0.1, -0.05) is 30.0 Å². The number of benzene rings is 1. The first-order valence-electron chi connectivity index (χ1n) is 6.12. The molecule has 0 fully saturated rings. The van der Waals surface area contributed by atoms with Gasteiger partial charge in [-0.05, 0) is 18.6 Å². The van der Waals surface area contributed by atoms with Gasteiger partial charge in [0.1, 0.15) is 6.61 Å². The van der Waals surface area contributed by atoms with Crippen molar-refractivity contribution in [3.8, 4) is 11.5 Å². The summed E-state index contributed by atoms with van der Waals surface area (Å²) in [6, 6.07) is 7.56. The summed E-state index contributed by atoms with van der Waals surface area (Å²) >= 11 is 1.16. The highest BCUT2D eigenvalue weighted by Gasteiger charge is 2.27. The molecule has 0 atom stereocenters. The van der Waals surface area contributed by atoms with E-state index >= 15 is 0 Å². The quantitative estimate of drug-likeness (QED) is 0.600. The molecule has 21 heavy (non-hydrogen) atoms. The van der Waals surface area contributed by atoms with Crippen molar-refractivity contribution < 1.29 is 22.3 Å². The molecule has 0 bridgehead atoms. The first-order chi connectivity index (χ1) is 9.96. The van der Waals surface area contributed by atoms with E-state index in [4.69, 9.17) is 4.42 Å². The Morgan fingerprint density at radius 2 is 2.00 bits per heavy atom. The molecule has 1 aromatic heterocycles. The topological polar surface area (TPSA) is 48.2 Å². The van der Waals surface area contributed by atoms with Crippen LogP contribution in [-0.2, 0) is 4.74 Å². The van der Waals surface area contributed by atoms with Gasteiger partial charge in [0, 0.05) is 11.3 Å². The number of halogens is 3. The van der Waals surface area contributed by atoms with Crippen LogP contribution in [0.4, 0.5) is 13.2 Å². The van der Waals surface area contributed by atoms with Gasteiger partial charge in [-0.3, -0.25) is 0 Å². The number of thioether (sulfide) groups is 1. The zero-order valence-corrected chi connectivity index (χ0v) is 12.0. The number of aromatic nitrogens is 2. The second-order valence-corrected chi connectivity index (χ2v) is 5.25. The second-order valence-electron chi connectivity index (χ2n) is 4.20. The van der Waals surface area contributed by atoms with Crippen molar-refractivity contribution in [2.45, 2.75) is 18.3 Å². The summed E-state index contributed by atoms with van der Waals surface area (Å²) in [5.41, 5.74) is 1.84. The van der Waals surface area contributed by atoms with Crippen LogP contribution in [0.3, 0.4) is 0 Å². The summed E-state index contributed by atoms with van der Waals surface area (Å²) in [6.45, 7) is 0.648. The van der Waals surface area contributed by atoms with Gasteiger partial charge in [-0.25, -0.2) is 0 Å². The molecule has 8 heteroatoms. The second kappa shape index (κ2) is 6.95. The number of nitrogens with zero attached hydrogens (tertiary/aromatic N) is 2. The molecule has 0 radical (unpaired) electrons. The highest BCUT2D eigenvalue weighted by atomic mass is 32.2. The Morgan fingerprint density at radius 3 is 2.71 bits per heavy atom. The van der Waals surface area contributed by atoms with E-state index in [9.17, 15) is 13.2 Å². The number of aryl methyl sites for hydroxylation is 1. The largest absolute Gasteiger partial charge is 0.411 e. The van der Waals surface area contributed by atoms with E-state index in [1.54, 1.807) is 0 Å². The molecule has 0 saturated carbocycles. The van der Waals surface area contributed by atoms with E-state index in [0.717, 1.165) is 22.9 Å². The zero-order valence-electron chi connectivity index (χ0n) is 11.2. The Kier molecular flexibility index (Phi) is 5.24. The minimum Gasteiger partial charge on any atom is -0.411 e. The molecule has 0 aliphatic heterocycles. The van der Waals surface area contributed by atoms with Gasteiger partial charge in [0.05, 0.1) is 6.61 Å². The SMILES string of the molecule is Cc1ccccc1-c1nnc(SCCOCC(F)(F)F)o1. The van der Waals surface area contributed by atoms with Gasteiger partial charge < -0.3 is 9.15 Å². The molecule has 1 heterocycles. The zero-order chi connectivity index (χ0) is 15.3. The summed E-state index contributed by atoms with van der Waals surface area (Å²) in [5, 5.41) is 8.08. The first kappa shape index (κ1) is 15.8. The normalized spacial score (nSPS) is 11.8. The molecule has 2 aromatic rings. The van der Waals surface area contributed by atoms with Gasteiger partial charge in [0.25, 0.3) is 5.22 Å². The summed E-state index contributed by atoms with van der Waals surface area (Å²) < 4.78 is 45.5. The Morgan fingerprint density at radius 1 is 1.24 bits per heavy atom. The van der Waals surface area contributed by atoms with E-state index < -0.39 is 12.8 Å². The molecule has 0 aliphatic carbocycles. The monoisotopic (exact) mass is 318 g/mol. The van der Waals surface area contributed by atoms with E-state index in [1.807, 2.05) is 31.2 Å². The molecular weight excluding hydrogens is 305 g/mol. The lowest BCUT2D eigenvalue weighted by Gasteiger charge is -2.06. The van der Waals surface area contributed by atoms with Crippen LogP contribution >= 0.6 is 11.8 Å². The van der Waals surface area contributed by atoms with Crippen molar-refractivity contribution in [2.24, 2.45) is 0 Å². The van der Waals surface area contributed by atoms with E-state index in [0.29, 0.717) is 16.9 Å². The lowest BCUT2D eigenvalue weighted by molar-refractivity contribution is -0.172. The van der Waals surface area contributed by atoms with Crippen LogP contribution in [0.1, 0.15) is 5.56 Å². The summed E-state index contributed by atoms with van der Waals surface area (Å²) in [7, 11) is 0. The summed E-state index contributed by atoms with van der Waals surface area (Å²) in [4.78, 5) is 0. The lowest BCUT2D eigenvalue weighted by Crippen LogP contribution is -2.17. The molecule has 0 N–H and O–H groups in total. The predicted molar refractivity (Wildman–Crippen MR) is 72.1 cm³/mol. The fourth-order valence-electron chi connectivity index (χ4n) is 1.57. The molecule has 0 spiro atoms. The third-order valence-corrected chi connectivity index (χ3v) is 3.28. The Balaban J connectivity index is 1.83. The van der Waals surface area contributed by atoms with Crippen LogP contribution < -0.4 is 0 Å². The molecule has 2 rings (SSSR count). The van der Waals surface area contributed by atoms with Crippen molar-refractivity contribution >= 4 is 11.8 Å². The van der Waals surface area contributed by atoms with Crippen molar-refractivity contribution in [3.63, 3.8) is 0 Å². The Hall–Kier alpha value is -1.54. The van der Waals surface area contributed by atoms with Gasteiger partial charge in [-0.2, -0.15) is 13.2 Å². The molecular formula is C13H13F3N2O2S. The summed E-state index contributed by atoms with van der Waals surface area (Å²) in [5.74, 6) is 0.706. The van der Waals surface area contributed by atoms with E-state index in [1.165, 1.54) is 0 Å². The minimum absolute atomic E-state index is 0.0355. The van der Waals surface area contributed by atoms with Crippen LogP contribution in [0.15, 0.2) is 33.9 Å². The minimum atomic E-state index is -4.30. The number of hydrogen-bond donors (Lipinski definition) is 0. The molecule has 114 valence electrons. The van der Waals surface area contributed by atoms with Crippen LogP contribution in [0.5, 0.6) is 0 Å². The standard InChI is InChI=1S/C13H13F3N2O2S/c1-9-4-2-3-5-10(9)11-17-18-12(20-11)21-7-6-19-8-13(14,15)16/h2-5H,6-8H2,1H3. The molecule has 1 aromatic carbocycles. The van der Waals surface area contributed by atoms with Crippen LogP contribution in [0.25, 0.3) is 11.5 Å². The number of alkyl halides is 3. The van der Waals surface area contributed by atoms with Crippen LogP contribution in [-0.4, -0.2) is 35.3 Å². The van der Waals surface area contributed by atoms with E-state index in [2.05, 4.69) is 14.9 Å². The Bertz CT molecular complexity index is 587. The highest BCUT2D eigenvalue weighted by molar-refractivity contribution is 7.99. The highest BCUT2D eigenvalue weighted by Crippen LogP contribution is 2.25. The molecule has 0 unspecified atom stereocenters. The first-order valence-corrected chi connectivity index (χ1v) is 7.11. The van der Waals surface area contributed by atoms with Gasteiger partial charge in [-0.15, -0.1) is 10.2 Å². The van der Waals surface area contributed by atoms with Crippen molar-refractivity contribution in [1.82, 2.24) is 10.2 Å². The van der Waals surface area contributed by atoms with Gasteiger partial charge in [0.15, 0.2) is 0 Å². The summed E-state index contributed by atoms with van der Waals surface area (Å²) in [6.07, 6.45) is -4.30. The number of ether oxygens (including phenoxy) is 1. The smallest absolute Gasteiger partial charge is 0.411 e. The molecule has 0 amide bonds. The third kappa shape index (κ3) is 5.05. The van der Waals surface area contributed by atoms with Gasteiger partial charge in [0.2, 0.25) is 5.89 Å². The maximum Gasteiger partial charge on any atom is 0.411 e.